The van der Waals surface area contributed by atoms with Crippen molar-refractivity contribution in [1.29, 1.82) is 0 Å². The Morgan fingerprint density at radius 2 is 1.67 bits per heavy atom. The summed E-state index contributed by atoms with van der Waals surface area (Å²) in [5.41, 5.74) is 5.35. The van der Waals surface area contributed by atoms with E-state index in [0.29, 0.717) is 5.56 Å². The molecule has 0 aliphatic carbocycles. The van der Waals surface area contributed by atoms with Crippen LogP contribution in [0.15, 0.2) is 54.7 Å². The molecule has 0 atom stereocenters. The van der Waals surface area contributed by atoms with Crippen LogP contribution in [0.3, 0.4) is 0 Å². The number of hydrogen-bond acceptors (Lipinski definition) is 2. The zero-order chi connectivity index (χ0) is 15.2. The Morgan fingerprint density at radius 3 is 2.24 bits per heavy atom. The fraction of sp³-hybridized carbons (Fsp3) is 0.211. The quantitative estimate of drug-likeness (QED) is 0.636. The van der Waals surface area contributed by atoms with Crippen LogP contribution in [-0.4, -0.2) is 5.78 Å². The third-order valence-corrected chi connectivity index (χ3v) is 3.35. The van der Waals surface area contributed by atoms with Gasteiger partial charge in [0.05, 0.1) is 0 Å². The molecule has 0 unspecified atom stereocenters. The number of anilines is 1. The number of rotatable bonds is 5. The third-order valence-electron chi connectivity index (χ3n) is 3.35. The van der Waals surface area contributed by atoms with Gasteiger partial charge < -0.3 is 5.32 Å². The molecule has 2 aromatic carbocycles. The molecule has 0 spiro atoms. The van der Waals surface area contributed by atoms with Gasteiger partial charge in [-0.2, -0.15) is 0 Å². The largest absolute Gasteiger partial charge is 0.362 e. The van der Waals surface area contributed by atoms with Gasteiger partial charge in [-0.25, -0.2) is 0 Å². The average molecular weight is 279 g/mol. The molecule has 0 amide bonds. The summed E-state index contributed by atoms with van der Waals surface area (Å²) in [5, 5.41) is 3.15. The van der Waals surface area contributed by atoms with E-state index < -0.39 is 0 Å². The molecule has 2 aromatic rings. The number of hydrogen-bond donors (Lipinski definition) is 1. The van der Waals surface area contributed by atoms with Crippen LogP contribution in [0.2, 0.25) is 0 Å². The minimum atomic E-state index is 0.00882. The lowest BCUT2D eigenvalue weighted by Crippen LogP contribution is -1.97. The van der Waals surface area contributed by atoms with Crippen molar-refractivity contribution in [2.45, 2.75) is 27.2 Å². The maximum Gasteiger partial charge on any atom is 0.187 e. The summed E-state index contributed by atoms with van der Waals surface area (Å²) in [6, 6.07) is 14.0. The zero-order valence-electron chi connectivity index (χ0n) is 12.8. The first kappa shape index (κ1) is 15.0. The fourth-order valence-corrected chi connectivity index (χ4v) is 2.27. The molecule has 0 aliphatic rings. The van der Waals surface area contributed by atoms with Crippen molar-refractivity contribution in [1.82, 2.24) is 0 Å². The zero-order valence-corrected chi connectivity index (χ0v) is 12.8. The second kappa shape index (κ2) is 6.89. The van der Waals surface area contributed by atoms with E-state index in [1.165, 1.54) is 16.7 Å². The SMILES string of the molecule is CCc1ccc(C(=O)/C=C/Nc2cc(C)cc(C)c2)cc1. The number of carbonyl (C=O) groups is 1. The molecule has 2 rings (SSSR count). The molecule has 2 nitrogen and oxygen atoms in total. The average Bonchev–Trinajstić information content (AvgIpc) is 2.46. The van der Waals surface area contributed by atoms with Crippen molar-refractivity contribution >= 4 is 11.5 Å². The lowest BCUT2D eigenvalue weighted by Gasteiger charge is -2.04. The van der Waals surface area contributed by atoms with E-state index in [2.05, 4.69) is 44.3 Å². The minimum absolute atomic E-state index is 0.00882. The van der Waals surface area contributed by atoms with E-state index in [4.69, 9.17) is 0 Å². The predicted octanol–water partition coefficient (Wildman–Crippen LogP) is 4.67. The van der Waals surface area contributed by atoms with Crippen LogP contribution in [-0.2, 0) is 6.42 Å². The Hall–Kier alpha value is -2.35. The first-order valence-electron chi connectivity index (χ1n) is 7.23. The molecule has 0 saturated heterocycles. The summed E-state index contributed by atoms with van der Waals surface area (Å²) in [7, 11) is 0. The van der Waals surface area contributed by atoms with Crippen LogP contribution >= 0.6 is 0 Å². The first-order chi connectivity index (χ1) is 10.1. The normalized spacial score (nSPS) is 10.8. The molecule has 21 heavy (non-hydrogen) atoms. The lowest BCUT2D eigenvalue weighted by molar-refractivity contribution is 0.104. The Labute approximate surface area is 126 Å². The van der Waals surface area contributed by atoms with Gasteiger partial charge in [0.2, 0.25) is 0 Å². The molecular weight excluding hydrogens is 258 g/mol. The molecule has 1 N–H and O–H groups in total. The van der Waals surface area contributed by atoms with Crippen molar-refractivity contribution in [2.75, 3.05) is 5.32 Å². The summed E-state index contributed by atoms with van der Waals surface area (Å²) in [6.45, 7) is 6.22. The molecule has 0 bridgehead atoms. The van der Waals surface area contributed by atoms with E-state index in [9.17, 15) is 4.79 Å². The Balaban J connectivity index is 2.01. The topological polar surface area (TPSA) is 29.1 Å². The molecule has 108 valence electrons. The highest BCUT2D eigenvalue weighted by Crippen LogP contribution is 2.13. The van der Waals surface area contributed by atoms with Crippen molar-refractivity contribution in [3.8, 4) is 0 Å². The van der Waals surface area contributed by atoms with Gasteiger partial charge in [-0.05, 0) is 49.1 Å². The number of aryl methyl sites for hydroxylation is 3. The van der Waals surface area contributed by atoms with Crippen LogP contribution in [0.25, 0.3) is 0 Å². The van der Waals surface area contributed by atoms with Gasteiger partial charge in [-0.3, -0.25) is 4.79 Å². The van der Waals surface area contributed by atoms with Crippen LogP contribution in [0.1, 0.15) is 34.0 Å². The van der Waals surface area contributed by atoms with Crippen LogP contribution < -0.4 is 5.32 Å². The highest BCUT2D eigenvalue weighted by Gasteiger charge is 2.01. The van der Waals surface area contributed by atoms with Crippen molar-refractivity contribution < 1.29 is 4.79 Å². The summed E-state index contributed by atoms with van der Waals surface area (Å²) in [4.78, 5) is 12.0. The monoisotopic (exact) mass is 279 g/mol. The van der Waals surface area contributed by atoms with Gasteiger partial charge >= 0.3 is 0 Å². The Morgan fingerprint density at radius 1 is 1.05 bits per heavy atom. The van der Waals surface area contributed by atoms with E-state index >= 15 is 0 Å². The second-order valence-electron chi connectivity index (χ2n) is 5.27. The summed E-state index contributed by atoms with van der Waals surface area (Å²) < 4.78 is 0. The lowest BCUT2D eigenvalue weighted by atomic mass is 10.1. The van der Waals surface area contributed by atoms with E-state index in [1.54, 1.807) is 12.3 Å². The molecular formula is C19H21NO. The molecule has 0 saturated carbocycles. The summed E-state index contributed by atoms with van der Waals surface area (Å²) in [6.07, 6.45) is 4.25. The van der Waals surface area contributed by atoms with Gasteiger partial charge in [-0.15, -0.1) is 0 Å². The van der Waals surface area contributed by atoms with Gasteiger partial charge in [0.1, 0.15) is 0 Å². The third kappa shape index (κ3) is 4.32. The number of allylic oxidation sites excluding steroid dienone is 1. The van der Waals surface area contributed by atoms with Crippen molar-refractivity contribution in [3.63, 3.8) is 0 Å². The minimum Gasteiger partial charge on any atom is -0.362 e. The number of carbonyl (C=O) groups excluding carboxylic acids is 1. The van der Waals surface area contributed by atoms with Gasteiger partial charge in [0, 0.05) is 23.5 Å². The molecule has 0 heterocycles. The van der Waals surface area contributed by atoms with Crippen LogP contribution in [0.4, 0.5) is 5.69 Å². The van der Waals surface area contributed by atoms with Gasteiger partial charge in [-0.1, -0.05) is 37.3 Å². The van der Waals surface area contributed by atoms with E-state index in [-0.39, 0.29) is 5.78 Å². The summed E-state index contributed by atoms with van der Waals surface area (Å²) in [5.74, 6) is 0.00882. The maximum absolute atomic E-state index is 12.0. The standard InChI is InChI=1S/C19H21NO/c1-4-16-5-7-17(8-6-16)19(21)9-10-20-18-12-14(2)11-15(3)13-18/h5-13,20H,4H2,1-3H3/b10-9+. The highest BCUT2D eigenvalue weighted by atomic mass is 16.1. The fourth-order valence-electron chi connectivity index (χ4n) is 2.27. The molecule has 2 heteroatoms. The van der Waals surface area contributed by atoms with E-state index in [1.807, 2.05) is 24.3 Å². The van der Waals surface area contributed by atoms with Crippen molar-refractivity contribution in [3.05, 3.63) is 77.0 Å². The Kier molecular flexibility index (Phi) is 4.94. The van der Waals surface area contributed by atoms with Crippen molar-refractivity contribution in [2.24, 2.45) is 0 Å². The molecule has 0 radical (unpaired) electrons. The van der Waals surface area contributed by atoms with Crippen LogP contribution in [0, 0.1) is 13.8 Å². The van der Waals surface area contributed by atoms with Gasteiger partial charge in [0.25, 0.3) is 0 Å². The summed E-state index contributed by atoms with van der Waals surface area (Å²) >= 11 is 0. The molecule has 0 fully saturated rings. The smallest absolute Gasteiger partial charge is 0.187 e. The number of benzene rings is 2. The number of ketones is 1. The second-order valence-corrected chi connectivity index (χ2v) is 5.27. The Bertz CT molecular complexity index is 634. The molecule has 0 aromatic heterocycles. The van der Waals surface area contributed by atoms with Gasteiger partial charge in [0.15, 0.2) is 5.78 Å². The predicted molar refractivity (Wildman–Crippen MR) is 88.8 cm³/mol. The molecule has 0 aliphatic heterocycles. The first-order valence-corrected chi connectivity index (χ1v) is 7.23. The van der Waals surface area contributed by atoms with Crippen LogP contribution in [0.5, 0.6) is 0 Å². The number of nitrogens with one attached hydrogen (secondary N) is 1. The maximum atomic E-state index is 12.0. The highest BCUT2D eigenvalue weighted by molar-refractivity contribution is 6.04. The van der Waals surface area contributed by atoms with E-state index in [0.717, 1.165) is 12.1 Å².